The first-order chi connectivity index (χ1) is 14.5. The fourth-order valence-electron chi connectivity index (χ4n) is 4.28. The fourth-order valence-corrected chi connectivity index (χ4v) is 4.28. The van der Waals surface area contributed by atoms with E-state index in [1.807, 2.05) is 28.8 Å². The minimum atomic E-state index is -0.328. The smallest absolute Gasteiger partial charge is 0.272 e. The molecule has 0 amide bonds. The van der Waals surface area contributed by atoms with Crippen LogP contribution in [0.25, 0.3) is 11.0 Å². The van der Waals surface area contributed by atoms with Gasteiger partial charge in [-0.1, -0.05) is 12.1 Å². The van der Waals surface area contributed by atoms with Crippen molar-refractivity contribution in [2.75, 3.05) is 19.6 Å². The van der Waals surface area contributed by atoms with Gasteiger partial charge in [0.2, 0.25) is 0 Å². The molecule has 4 rings (SSSR count). The highest BCUT2D eigenvalue weighted by atomic mass is 19.1. The lowest BCUT2D eigenvalue weighted by Crippen LogP contribution is -2.38. The van der Waals surface area contributed by atoms with Gasteiger partial charge in [-0.2, -0.15) is 0 Å². The molecule has 1 aliphatic heterocycles. The van der Waals surface area contributed by atoms with Gasteiger partial charge in [-0.05, 0) is 69.1 Å². The Morgan fingerprint density at radius 2 is 1.80 bits per heavy atom. The van der Waals surface area contributed by atoms with E-state index in [4.69, 9.17) is 0 Å². The second-order valence-electron chi connectivity index (χ2n) is 7.97. The van der Waals surface area contributed by atoms with Crippen molar-refractivity contribution >= 4 is 16.8 Å². The minimum absolute atomic E-state index is 0.00274. The van der Waals surface area contributed by atoms with Gasteiger partial charge in [0.1, 0.15) is 11.5 Å². The molecule has 2 aromatic carbocycles. The van der Waals surface area contributed by atoms with Crippen molar-refractivity contribution in [1.29, 1.82) is 0 Å². The third-order valence-electron chi connectivity index (χ3n) is 5.92. The van der Waals surface area contributed by atoms with Crippen LogP contribution in [0.5, 0.6) is 0 Å². The summed E-state index contributed by atoms with van der Waals surface area (Å²) in [5, 5.41) is 0. The number of nitrogens with zero attached hydrogens (tertiary/aromatic N) is 3. The number of aryl methyl sites for hydroxylation is 1. The standard InChI is InChI=1S/C24H26FN3O2/c1-17-24(30)28(22-6-3-2-5-21(22)26-17)20-12-15-27(16-13-20)14-4-7-23(29)18-8-10-19(25)11-9-18/h2-3,5-6,8-11,20H,4,7,12-16H2,1H3. The van der Waals surface area contributed by atoms with Gasteiger partial charge in [0.05, 0.1) is 11.0 Å². The second-order valence-corrected chi connectivity index (χ2v) is 7.97. The summed E-state index contributed by atoms with van der Waals surface area (Å²) in [7, 11) is 0. The number of Topliss-reactive ketones (excluding diaryl/α,β-unsaturated/α-hetero) is 1. The van der Waals surface area contributed by atoms with Gasteiger partial charge >= 0.3 is 0 Å². The highest BCUT2D eigenvalue weighted by molar-refractivity contribution is 5.95. The molecule has 0 atom stereocenters. The van der Waals surface area contributed by atoms with E-state index in [0.717, 1.165) is 49.9 Å². The number of fused-ring (bicyclic) bond motifs is 1. The molecule has 1 aromatic heterocycles. The fraction of sp³-hybridized carbons (Fsp3) is 0.375. The molecule has 0 aliphatic carbocycles. The maximum atomic E-state index is 13.0. The first kappa shape index (κ1) is 20.4. The van der Waals surface area contributed by atoms with Crippen molar-refractivity contribution in [1.82, 2.24) is 14.5 Å². The van der Waals surface area contributed by atoms with Crippen LogP contribution < -0.4 is 5.56 Å². The molecule has 0 saturated carbocycles. The monoisotopic (exact) mass is 407 g/mol. The van der Waals surface area contributed by atoms with Crippen molar-refractivity contribution in [3.8, 4) is 0 Å². The molecule has 0 unspecified atom stereocenters. The lowest BCUT2D eigenvalue weighted by atomic mass is 10.0. The molecule has 1 aliphatic rings. The van der Waals surface area contributed by atoms with Gasteiger partial charge in [0, 0.05) is 31.1 Å². The van der Waals surface area contributed by atoms with Gasteiger partial charge in [0.15, 0.2) is 5.78 Å². The number of rotatable bonds is 6. The van der Waals surface area contributed by atoms with Gasteiger partial charge in [-0.15, -0.1) is 0 Å². The molecular weight excluding hydrogens is 381 g/mol. The van der Waals surface area contributed by atoms with E-state index in [1.165, 1.54) is 12.1 Å². The highest BCUT2D eigenvalue weighted by Gasteiger charge is 2.23. The van der Waals surface area contributed by atoms with Crippen LogP contribution in [0.2, 0.25) is 0 Å². The number of halogens is 1. The molecule has 156 valence electrons. The predicted octanol–water partition coefficient (Wildman–Crippen LogP) is 4.14. The van der Waals surface area contributed by atoms with E-state index in [2.05, 4.69) is 9.88 Å². The van der Waals surface area contributed by atoms with Crippen molar-refractivity contribution in [3.05, 3.63) is 76.0 Å². The van der Waals surface area contributed by atoms with Crippen LogP contribution in [0.15, 0.2) is 53.3 Å². The Bertz CT molecular complexity index is 1100. The topological polar surface area (TPSA) is 55.2 Å². The third-order valence-corrected chi connectivity index (χ3v) is 5.92. The van der Waals surface area contributed by atoms with Crippen molar-refractivity contribution in [2.45, 2.75) is 38.6 Å². The molecule has 5 nitrogen and oxygen atoms in total. The first-order valence-corrected chi connectivity index (χ1v) is 10.5. The molecule has 0 bridgehead atoms. The van der Waals surface area contributed by atoms with Gasteiger partial charge in [0.25, 0.3) is 5.56 Å². The van der Waals surface area contributed by atoms with Crippen LogP contribution in [0, 0.1) is 12.7 Å². The van der Waals surface area contributed by atoms with E-state index >= 15 is 0 Å². The zero-order valence-corrected chi connectivity index (χ0v) is 17.2. The number of piperidine rings is 1. The van der Waals surface area contributed by atoms with Crippen molar-refractivity contribution < 1.29 is 9.18 Å². The third kappa shape index (κ3) is 4.33. The highest BCUT2D eigenvalue weighted by Crippen LogP contribution is 2.25. The zero-order chi connectivity index (χ0) is 21.1. The summed E-state index contributed by atoms with van der Waals surface area (Å²) in [6.45, 7) is 4.43. The maximum absolute atomic E-state index is 13.0. The molecule has 0 radical (unpaired) electrons. The molecular formula is C24H26FN3O2. The molecule has 1 fully saturated rings. The molecule has 3 aromatic rings. The average Bonchev–Trinajstić information content (AvgIpc) is 2.76. The van der Waals surface area contributed by atoms with Gasteiger partial charge in [-0.25, -0.2) is 9.37 Å². The lowest BCUT2D eigenvalue weighted by molar-refractivity contribution is 0.0970. The number of benzene rings is 2. The number of hydrogen-bond acceptors (Lipinski definition) is 4. The Morgan fingerprint density at radius 3 is 2.53 bits per heavy atom. The number of carbonyl (C=O) groups is 1. The van der Waals surface area contributed by atoms with Crippen LogP contribution in [-0.2, 0) is 0 Å². The predicted molar refractivity (Wildman–Crippen MR) is 115 cm³/mol. The SMILES string of the molecule is Cc1nc2ccccc2n(C2CCN(CCCC(=O)c3ccc(F)cc3)CC2)c1=O. The summed E-state index contributed by atoms with van der Waals surface area (Å²) in [6, 6.07) is 13.7. The minimum Gasteiger partial charge on any atom is -0.303 e. The van der Waals surface area contributed by atoms with E-state index in [-0.39, 0.29) is 23.2 Å². The van der Waals surface area contributed by atoms with Crippen molar-refractivity contribution in [2.24, 2.45) is 0 Å². The summed E-state index contributed by atoms with van der Waals surface area (Å²) in [5.41, 5.74) is 2.86. The number of hydrogen-bond donors (Lipinski definition) is 0. The number of para-hydroxylation sites is 2. The van der Waals surface area contributed by atoms with E-state index in [1.54, 1.807) is 19.1 Å². The van der Waals surface area contributed by atoms with E-state index < -0.39 is 0 Å². The van der Waals surface area contributed by atoms with E-state index in [0.29, 0.717) is 17.7 Å². The number of likely N-dealkylation sites (tertiary alicyclic amines) is 1. The quantitative estimate of drug-likeness (QED) is 0.576. The van der Waals surface area contributed by atoms with Crippen LogP contribution >= 0.6 is 0 Å². The molecule has 0 spiro atoms. The normalized spacial score (nSPS) is 15.5. The van der Waals surface area contributed by atoms with Crippen LogP contribution in [0.3, 0.4) is 0 Å². The molecule has 0 N–H and O–H groups in total. The largest absolute Gasteiger partial charge is 0.303 e. The maximum Gasteiger partial charge on any atom is 0.272 e. The Kier molecular flexibility index (Phi) is 6.04. The average molecular weight is 407 g/mol. The Labute approximate surface area is 175 Å². The molecule has 1 saturated heterocycles. The Balaban J connectivity index is 1.34. The van der Waals surface area contributed by atoms with Crippen LogP contribution in [0.1, 0.15) is 47.8 Å². The van der Waals surface area contributed by atoms with Crippen LogP contribution in [-0.4, -0.2) is 39.9 Å². The van der Waals surface area contributed by atoms with Gasteiger partial charge < -0.3 is 9.47 Å². The lowest BCUT2D eigenvalue weighted by Gasteiger charge is -2.33. The molecule has 30 heavy (non-hydrogen) atoms. The number of carbonyl (C=O) groups excluding carboxylic acids is 1. The summed E-state index contributed by atoms with van der Waals surface area (Å²) < 4.78 is 14.9. The molecule has 2 heterocycles. The van der Waals surface area contributed by atoms with Crippen LogP contribution in [0.4, 0.5) is 4.39 Å². The first-order valence-electron chi connectivity index (χ1n) is 10.5. The second kappa shape index (κ2) is 8.88. The summed E-state index contributed by atoms with van der Waals surface area (Å²) in [6.07, 6.45) is 3.04. The Morgan fingerprint density at radius 1 is 1.10 bits per heavy atom. The summed E-state index contributed by atoms with van der Waals surface area (Å²) in [5.74, 6) is -0.277. The van der Waals surface area contributed by atoms with Crippen molar-refractivity contribution in [3.63, 3.8) is 0 Å². The Hall–Kier alpha value is -2.86. The summed E-state index contributed by atoms with van der Waals surface area (Å²) in [4.78, 5) is 31.8. The number of ketones is 1. The number of aromatic nitrogens is 2. The van der Waals surface area contributed by atoms with Gasteiger partial charge in [-0.3, -0.25) is 9.59 Å². The zero-order valence-electron chi connectivity index (χ0n) is 17.2. The summed E-state index contributed by atoms with van der Waals surface area (Å²) >= 11 is 0. The van der Waals surface area contributed by atoms with E-state index in [9.17, 15) is 14.0 Å². The molecule has 6 heteroatoms.